The van der Waals surface area contributed by atoms with E-state index in [1.165, 1.54) is 32.0 Å². The van der Waals surface area contributed by atoms with Crippen LogP contribution in [0.25, 0.3) is 0 Å². The van der Waals surface area contributed by atoms with Crippen LogP contribution in [0.5, 0.6) is 0 Å². The average molecular weight is 391 g/mol. The number of carbonyl (C=O) groups excluding carboxylic acids is 1. The number of amides is 1. The van der Waals surface area contributed by atoms with Gasteiger partial charge >= 0.3 is 0 Å². The molecule has 8 nitrogen and oxygen atoms in total. The van der Waals surface area contributed by atoms with Crippen molar-refractivity contribution in [1.82, 2.24) is 0 Å². The van der Waals surface area contributed by atoms with Gasteiger partial charge < -0.3 is 5.32 Å². The molecule has 1 N–H and O–H groups in total. The van der Waals surface area contributed by atoms with Crippen LogP contribution in [0.4, 0.5) is 17.1 Å². The van der Waals surface area contributed by atoms with E-state index in [1.807, 2.05) is 6.92 Å². The molecule has 0 aliphatic carbocycles. The molecule has 0 radical (unpaired) electrons. The highest BCUT2D eigenvalue weighted by Crippen LogP contribution is 2.26. The molecule has 0 saturated heterocycles. The Bertz CT molecular complexity index is 971. The smallest absolute Gasteiger partial charge is 0.274 e. The lowest BCUT2D eigenvalue weighted by molar-refractivity contribution is -0.385. The van der Waals surface area contributed by atoms with Crippen molar-refractivity contribution in [3.63, 3.8) is 0 Å². The molecule has 0 unspecified atom stereocenters. The monoisotopic (exact) mass is 391 g/mol. The minimum Gasteiger partial charge on any atom is -0.324 e. The molecular weight excluding hydrogens is 370 g/mol. The molecule has 2 aromatic carbocycles. The number of nitro benzene ring substituents is 1. The minimum absolute atomic E-state index is 0.126. The second kappa shape index (κ2) is 7.75. The molecule has 0 saturated carbocycles. The standard InChI is InChI=1S/C18H21N3O5S/c1-12-8-10-15(11-9-12)20(27(4,25)26)14(3)18(22)19-16-6-5-7-17(13(16)2)21(23)24/h5-11,14H,1-4H3,(H,19,22)/t14-/m0/s1. The van der Waals surface area contributed by atoms with Crippen LogP contribution in [0.2, 0.25) is 0 Å². The summed E-state index contributed by atoms with van der Waals surface area (Å²) in [5.74, 6) is -0.593. The third-order valence-electron chi connectivity index (χ3n) is 4.14. The third-order valence-corrected chi connectivity index (χ3v) is 5.38. The van der Waals surface area contributed by atoms with E-state index in [4.69, 9.17) is 0 Å². The van der Waals surface area contributed by atoms with Gasteiger partial charge in [0, 0.05) is 6.07 Å². The lowest BCUT2D eigenvalue weighted by Gasteiger charge is -2.28. The Hall–Kier alpha value is -2.94. The van der Waals surface area contributed by atoms with Crippen molar-refractivity contribution in [2.45, 2.75) is 26.8 Å². The van der Waals surface area contributed by atoms with Gasteiger partial charge in [-0.05, 0) is 39.0 Å². The first-order valence-electron chi connectivity index (χ1n) is 8.13. The zero-order valence-electron chi connectivity index (χ0n) is 15.5. The fourth-order valence-electron chi connectivity index (χ4n) is 2.69. The molecule has 1 atom stereocenters. The summed E-state index contributed by atoms with van der Waals surface area (Å²) >= 11 is 0. The van der Waals surface area contributed by atoms with Crippen molar-refractivity contribution in [3.8, 4) is 0 Å². The van der Waals surface area contributed by atoms with Crippen LogP contribution in [0.3, 0.4) is 0 Å². The van der Waals surface area contributed by atoms with Crippen molar-refractivity contribution in [1.29, 1.82) is 0 Å². The molecule has 0 aliphatic rings. The van der Waals surface area contributed by atoms with Crippen LogP contribution < -0.4 is 9.62 Å². The van der Waals surface area contributed by atoms with Crippen molar-refractivity contribution in [3.05, 3.63) is 63.7 Å². The molecule has 1 amide bonds. The summed E-state index contributed by atoms with van der Waals surface area (Å²) in [6, 6.07) is 10.0. The van der Waals surface area contributed by atoms with Crippen LogP contribution in [-0.4, -0.2) is 31.5 Å². The van der Waals surface area contributed by atoms with Crippen LogP contribution in [-0.2, 0) is 14.8 Å². The van der Waals surface area contributed by atoms with E-state index in [0.717, 1.165) is 16.1 Å². The highest BCUT2D eigenvalue weighted by Gasteiger charge is 2.29. The van der Waals surface area contributed by atoms with Crippen LogP contribution in [0, 0.1) is 24.0 Å². The lowest BCUT2D eigenvalue weighted by atomic mass is 10.1. The maximum atomic E-state index is 12.7. The Kier molecular flexibility index (Phi) is 5.85. The number of hydrogen-bond acceptors (Lipinski definition) is 5. The van der Waals surface area contributed by atoms with Crippen LogP contribution in [0.15, 0.2) is 42.5 Å². The van der Waals surface area contributed by atoms with Gasteiger partial charge in [-0.25, -0.2) is 8.42 Å². The number of aryl methyl sites for hydroxylation is 1. The number of hydrogen-bond donors (Lipinski definition) is 1. The quantitative estimate of drug-likeness (QED) is 0.601. The van der Waals surface area contributed by atoms with Crippen LogP contribution >= 0.6 is 0 Å². The fourth-order valence-corrected chi connectivity index (χ4v) is 3.87. The first-order valence-corrected chi connectivity index (χ1v) is 9.98. The Morgan fingerprint density at radius 2 is 1.74 bits per heavy atom. The number of sulfonamides is 1. The second-order valence-electron chi connectivity index (χ2n) is 6.27. The third kappa shape index (κ3) is 4.62. The summed E-state index contributed by atoms with van der Waals surface area (Å²) < 4.78 is 25.6. The van der Waals surface area contributed by atoms with Gasteiger partial charge in [-0.15, -0.1) is 0 Å². The van der Waals surface area contributed by atoms with Crippen molar-refractivity contribution < 1.29 is 18.1 Å². The minimum atomic E-state index is -3.73. The predicted octanol–water partition coefficient (Wildman–Crippen LogP) is 3.00. The summed E-state index contributed by atoms with van der Waals surface area (Å²) in [5, 5.41) is 13.6. The lowest BCUT2D eigenvalue weighted by Crippen LogP contribution is -2.45. The van der Waals surface area contributed by atoms with E-state index in [1.54, 1.807) is 24.3 Å². The zero-order valence-corrected chi connectivity index (χ0v) is 16.3. The van der Waals surface area contributed by atoms with E-state index in [0.29, 0.717) is 11.3 Å². The largest absolute Gasteiger partial charge is 0.324 e. The van der Waals surface area contributed by atoms with E-state index >= 15 is 0 Å². The molecule has 0 spiro atoms. The van der Waals surface area contributed by atoms with Gasteiger partial charge in [-0.3, -0.25) is 19.2 Å². The van der Waals surface area contributed by atoms with Crippen molar-refractivity contribution in [2.75, 3.05) is 15.9 Å². The van der Waals surface area contributed by atoms with E-state index < -0.39 is 26.9 Å². The summed E-state index contributed by atoms with van der Waals surface area (Å²) in [4.78, 5) is 23.2. The highest BCUT2D eigenvalue weighted by atomic mass is 32.2. The number of nitro groups is 1. The first-order chi connectivity index (χ1) is 12.5. The van der Waals surface area contributed by atoms with Gasteiger partial charge in [-0.2, -0.15) is 0 Å². The molecule has 9 heteroatoms. The topological polar surface area (TPSA) is 110 Å². The van der Waals surface area contributed by atoms with Gasteiger partial charge in [0.25, 0.3) is 5.69 Å². The Labute approximate surface area is 158 Å². The Balaban J connectivity index is 2.35. The van der Waals surface area contributed by atoms with E-state index in [-0.39, 0.29) is 11.4 Å². The molecule has 0 aliphatic heterocycles. The Morgan fingerprint density at radius 1 is 1.15 bits per heavy atom. The number of benzene rings is 2. The molecular formula is C18H21N3O5S. The van der Waals surface area contributed by atoms with E-state index in [9.17, 15) is 23.3 Å². The summed E-state index contributed by atoms with van der Waals surface area (Å²) in [7, 11) is -3.73. The number of nitrogens with zero attached hydrogens (tertiary/aromatic N) is 2. The molecule has 0 bridgehead atoms. The summed E-state index contributed by atoms with van der Waals surface area (Å²) in [6.45, 7) is 4.85. The molecule has 2 rings (SSSR count). The molecule has 2 aromatic rings. The second-order valence-corrected chi connectivity index (χ2v) is 8.13. The first kappa shape index (κ1) is 20.4. The zero-order chi connectivity index (χ0) is 20.4. The van der Waals surface area contributed by atoms with Gasteiger partial charge in [0.1, 0.15) is 6.04 Å². The van der Waals surface area contributed by atoms with Crippen molar-refractivity contribution >= 4 is 33.0 Å². The summed E-state index contributed by atoms with van der Waals surface area (Å²) in [6.07, 6.45) is 1.02. The molecule has 144 valence electrons. The summed E-state index contributed by atoms with van der Waals surface area (Å²) in [5.41, 5.74) is 1.75. The maximum absolute atomic E-state index is 12.7. The normalized spacial score (nSPS) is 12.3. The van der Waals surface area contributed by atoms with Crippen LogP contribution in [0.1, 0.15) is 18.1 Å². The molecule has 27 heavy (non-hydrogen) atoms. The SMILES string of the molecule is Cc1ccc(N([C@@H](C)C(=O)Nc2cccc([N+](=O)[O-])c2C)S(C)(=O)=O)cc1. The van der Waals surface area contributed by atoms with Gasteiger partial charge in [0.15, 0.2) is 0 Å². The average Bonchev–Trinajstić information content (AvgIpc) is 2.57. The van der Waals surface area contributed by atoms with Gasteiger partial charge in [0.2, 0.25) is 15.9 Å². The number of nitrogens with one attached hydrogen (secondary N) is 1. The Morgan fingerprint density at radius 3 is 2.26 bits per heavy atom. The highest BCUT2D eigenvalue weighted by molar-refractivity contribution is 7.92. The fraction of sp³-hybridized carbons (Fsp3) is 0.278. The number of anilines is 2. The molecule has 0 aromatic heterocycles. The maximum Gasteiger partial charge on any atom is 0.274 e. The van der Waals surface area contributed by atoms with Gasteiger partial charge in [-0.1, -0.05) is 23.8 Å². The number of rotatable bonds is 6. The van der Waals surface area contributed by atoms with Gasteiger partial charge in [0.05, 0.1) is 28.1 Å². The number of carbonyl (C=O) groups is 1. The predicted molar refractivity (Wildman–Crippen MR) is 104 cm³/mol. The van der Waals surface area contributed by atoms with E-state index in [2.05, 4.69) is 5.32 Å². The molecule has 0 fully saturated rings. The molecule has 0 heterocycles. The van der Waals surface area contributed by atoms with Crippen molar-refractivity contribution in [2.24, 2.45) is 0 Å².